The molecule has 10 heteroatoms. The molecule has 1 aromatic heterocycles. The van der Waals surface area contributed by atoms with Crippen molar-refractivity contribution >= 4 is 10.0 Å². The Morgan fingerprint density at radius 1 is 1.06 bits per heavy atom. The lowest BCUT2D eigenvalue weighted by Gasteiger charge is -2.29. The summed E-state index contributed by atoms with van der Waals surface area (Å²) in [7, 11) is -3.61. The van der Waals surface area contributed by atoms with Crippen LogP contribution < -0.4 is 0 Å². The first-order valence-electron chi connectivity index (χ1n) is 10.7. The summed E-state index contributed by atoms with van der Waals surface area (Å²) in [5.41, 5.74) is 0.497. The topological polar surface area (TPSA) is 76.3 Å². The number of rotatable bonds is 5. The molecule has 1 fully saturated rings. The van der Waals surface area contributed by atoms with Gasteiger partial charge in [0.1, 0.15) is 0 Å². The molecule has 0 atom stereocenters. The fourth-order valence-electron chi connectivity index (χ4n) is 3.87. The van der Waals surface area contributed by atoms with E-state index in [9.17, 15) is 21.6 Å². The summed E-state index contributed by atoms with van der Waals surface area (Å²) in [4.78, 5) is 4.55. The second kappa shape index (κ2) is 8.90. The van der Waals surface area contributed by atoms with E-state index in [0.29, 0.717) is 37.7 Å². The summed E-state index contributed by atoms with van der Waals surface area (Å²) in [6.45, 7) is 4.68. The molecule has 33 heavy (non-hydrogen) atoms. The van der Waals surface area contributed by atoms with Crippen molar-refractivity contribution in [3.05, 3.63) is 65.5 Å². The van der Waals surface area contributed by atoms with Crippen molar-refractivity contribution in [2.75, 3.05) is 13.1 Å². The van der Waals surface area contributed by atoms with Gasteiger partial charge in [-0.1, -0.05) is 43.3 Å². The molecule has 1 aliphatic rings. The van der Waals surface area contributed by atoms with Gasteiger partial charge in [-0.25, -0.2) is 8.42 Å². The molecule has 6 nitrogen and oxygen atoms in total. The molecule has 0 radical (unpaired) electrons. The highest BCUT2D eigenvalue weighted by molar-refractivity contribution is 7.89. The van der Waals surface area contributed by atoms with E-state index in [0.717, 1.165) is 17.7 Å². The van der Waals surface area contributed by atoms with Gasteiger partial charge in [-0.15, -0.1) is 0 Å². The van der Waals surface area contributed by atoms with E-state index < -0.39 is 21.8 Å². The van der Waals surface area contributed by atoms with E-state index in [1.165, 1.54) is 16.4 Å². The predicted octanol–water partition coefficient (Wildman–Crippen LogP) is 5.45. The van der Waals surface area contributed by atoms with Crippen molar-refractivity contribution in [3.63, 3.8) is 0 Å². The first-order chi connectivity index (χ1) is 15.6. The van der Waals surface area contributed by atoms with E-state index in [1.807, 2.05) is 26.0 Å². The fraction of sp³-hybridized carbons (Fsp3) is 0.391. The lowest BCUT2D eigenvalue weighted by molar-refractivity contribution is -0.137. The molecule has 0 saturated carbocycles. The third kappa shape index (κ3) is 4.96. The van der Waals surface area contributed by atoms with Gasteiger partial charge in [0.15, 0.2) is 0 Å². The van der Waals surface area contributed by atoms with Gasteiger partial charge in [0, 0.05) is 24.6 Å². The average Bonchev–Trinajstić information content (AvgIpc) is 3.29. The third-order valence-electron chi connectivity index (χ3n) is 5.88. The molecule has 2 heterocycles. The van der Waals surface area contributed by atoms with Crippen molar-refractivity contribution in [2.24, 2.45) is 0 Å². The molecule has 3 aromatic rings. The van der Waals surface area contributed by atoms with Crippen molar-refractivity contribution in [1.29, 1.82) is 0 Å². The predicted molar refractivity (Wildman–Crippen MR) is 116 cm³/mol. The van der Waals surface area contributed by atoms with Gasteiger partial charge in [0.25, 0.3) is 0 Å². The maximum Gasteiger partial charge on any atom is 0.416 e. The molecule has 0 unspecified atom stereocenters. The summed E-state index contributed by atoms with van der Waals surface area (Å²) in [6, 6.07) is 11.7. The third-order valence-corrected chi connectivity index (χ3v) is 7.79. The highest BCUT2D eigenvalue weighted by atomic mass is 32.2. The Labute approximate surface area is 190 Å². The van der Waals surface area contributed by atoms with Crippen LogP contribution in [0.25, 0.3) is 11.4 Å². The number of aromatic nitrogens is 2. The van der Waals surface area contributed by atoms with Gasteiger partial charge in [-0.3, -0.25) is 0 Å². The molecule has 4 rings (SSSR count). The summed E-state index contributed by atoms with van der Waals surface area (Å²) in [5.74, 6) is 0.539. The van der Waals surface area contributed by atoms with Crippen LogP contribution in [0.2, 0.25) is 0 Å². The van der Waals surface area contributed by atoms with Gasteiger partial charge in [0.05, 0.1) is 10.5 Å². The van der Waals surface area contributed by atoms with Crippen molar-refractivity contribution < 1.29 is 26.1 Å². The molecular weight excluding hydrogens is 455 g/mol. The van der Waals surface area contributed by atoms with E-state index in [-0.39, 0.29) is 22.2 Å². The molecule has 1 saturated heterocycles. The molecule has 1 aliphatic heterocycles. The summed E-state index contributed by atoms with van der Waals surface area (Å²) in [6.07, 6.45) is -3.50. The number of hydrogen-bond donors (Lipinski definition) is 0. The number of alkyl halides is 3. The van der Waals surface area contributed by atoms with E-state index in [1.54, 1.807) is 12.1 Å². The zero-order valence-corrected chi connectivity index (χ0v) is 19.0. The van der Waals surface area contributed by atoms with E-state index in [2.05, 4.69) is 10.1 Å². The molecule has 0 amide bonds. The second-order valence-electron chi connectivity index (χ2n) is 8.44. The van der Waals surface area contributed by atoms with Crippen molar-refractivity contribution in [1.82, 2.24) is 14.4 Å². The standard InChI is InChI=1S/C23H24F3N3O3S/c1-15(2)16-6-8-20(9-7-16)33(30,31)29-12-10-17(11-13-29)22-27-21(28-32-22)18-4-3-5-19(14-18)23(24,25)26/h3-9,14-15,17H,10-13H2,1-2H3. The van der Waals surface area contributed by atoms with Crippen LogP contribution in [0.15, 0.2) is 57.9 Å². The van der Waals surface area contributed by atoms with E-state index >= 15 is 0 Å². The Kier molecular flexibility index (Phi) is 6.32. The largest absolute Gasteiger partial charge is 0.416 e. The molecular formula is C23H24F3N3O3S. The first kappa shape index (κ1) is 23.4. The summed E-state index contributed by atoms with van der Waals surface area (Å²) in [5, 5.41) is 3.84. The Morgan fingerprint density at radius 2 is 1.73 bits per heavy atom. The Hall–Kier alpha value is -2.72. The number of benzene rings is 2. The summed E-state index contributed by atoms with van der Waals surface area (Å²) < 4.78 is 71.7. The van der Waals surface area contributed by atoms with Crippen molar-refractivity contribution in [3.8, 4) is 11.4 Å². The minimum absolute atomic E-state index is 0.0800. The van der Waals surface area contributed by atoms with Crippen LogP contribution in [0, 0.1) is 0 Å². The average molecular weight is 480 g/mol. The highest BCUT2D eigenvalue weighted by Crippen LogP contribution is 2.34. The Morgan fingerprint density at radius 3 is 2.33 bits per heavy atom. The van der Waals surface area contributed by atoms with Crippen LogP contribution in [-0.4, -0.2) is 36.0 Å². The molecule has 176 valence electrons. The Bertz CT molecular complexity index is 1210. The number of sulfonamides is 1. The van der Waals surface area contributed by atoms with Gasteiger partial charge >= 0.3 is 6.18 Å². The van der Waals surface area contributed by atoms with Crippen molar-refractivity contribution in [2.45, 2.75) is 49.6 Å². The normalized spacial score (nSPS) is 16.4. The fourth-order valence-corrected chi connectivity index (χ4v) is 5.34. The van der Waals surface area contributed by atoms with Gasteiger partial charge in [-0.05, 0) is 48.6 Å². The zero-order chi connectivity index (χ0) is 23.8. The van der Waals surface area contributed by atoms with Crippen LogP contribution in [-0.2, 0) is 16.2 Å². The minimum Gasteiger partial charge on any atom is -0.339 e. The monoisotopic (exact) mass is 479 g/mol. The lowest BCUT2D eigenvalue weighted by atomic mass is 9.98. The Balaban J connectivity index is 1.44. The number of hydrogen-bond acceptors (Lipinski definition) is 5. The lowest BCUT2D eigenvalue weighted by Crippen LogP contribution is -2.37. The van der Waals surface area contributed by atoms with E-state index in [4.69, 9.17) is 4.52 Å². The molecule has 0 spiro atoms. The maximum atomic E-state index is 13.0. The minimum atomic E-state index is -4.46. The number of nitrogens with zero attached hydrogens (tertiary/aromatic N) is 3. The molecule has 0 bridgehead atoms. The SMILES string of the molecule is CC(C)c1ccc(S(=O)(=O)N2CCC(c3nc(-c4cccc(C(F)(F)F)c4)no3)CC2)cc1. The molecule has 0 aliphatic carbocycles. The molecule has 0 N–H and O–H groups in total. The van der Waals surface area contributed by atoms with Crippen LogP contribution >= 0.6 is 0 Å². The number of piperidine rings is 1. The summed E-state index contributed by atoms with van der Waals surface area (Å²) >= 11 is 0. The van der Waals surface area contributed by atoms with Crippen LogP contribution in [0.3, 0.4) is 0 Å². The maximum absolute atomic E-state index is 13.0. The first-order valence-corrected chi connectivity index (χ1v) is 12.1. The molecule has 2 aromatic carbocycles. The van der Waals surface area contributed by atoms with Gasteiger partial charge in [0.2, 0.25) is 21.7 Å². The highest BCUT2D eigenvalue weighted by Gasteiger charge is 2.33. The second-order valence-corrected chi connectivity index (χ2v) is 10.4. The van der Waals surface area contributed by atoms with Gasteiger partial charge in [-0.2, -0.15) is 22.5 Å². The zero-order valence-electron chi connectivity index (χ0n) is 18.2. The van der Waals surface area contributed by atoms with Crippen LogP contribution in [0.4, 0.5) is 13.2 Å². The number of halogens is 3. The van der Waals surface area contributed by atoms with Crippen LogP contribution in [0.1, 0.15) is 55.5 Å². The van der Waals surface area contributed by atoms with Gasteiger partial charge < -0.3 is 4.52 Å². The van der Waals surface area contributed by atoms with Crippen LogP contribution in [0.5, 0.6) is 0 Å². The smallest absolute Gasteiger partial charge is 0.339 e. The quantitative estimate of drug-likeness (QED) is 0.487.